The topological polar surface area (TPSA) is 83.0 Å². The second-order valence-corrected chi connectivity index (χ2v) is 8.70. The lowest BCUT2D eigenvalue weighted by atomic mass is 9.97. The van der Waals surface area contributed by atoms with Crippen molar-refractivity contribution in [3.8, 4) is 0 Å². The first-order valence-corrected chi connectivity index (χ1v) is 10.2. The molecule has 0 saturated carbocycles. The van der Waals surface area contributed by atoms with Crippen LogP contribution in [-0.2, 0) is 14.6 Å². The first-order chi connectivity index (χ1) is 11.0. The monoisotopic (exact) mass is 474 g/mol. The Morgan fingerprint density at radius 2 is 2.00 bits per heavy atom. The first kappa shape index (κ1) is 21.9. The summed E-state index contributed by atoms with van der Waals surface area (Å²) in [5.41, 5.74) is 0. The number of sulfone groups is 1. The van der Waals surface area contributed by atoms with Gasteiger partial charge in [-0.15, -0.1) is 24.0 Å². The molecule has 0 aromatic carbocycles. The Hall–Kier alpha value is -0.130. The van der Waals surface area contributed by atoms with E-state index in [0.717, 1.165) is 32.8 Å². The zero-order chi connectivity index (χ0) is 16.7. The number of ether oxygens (including phenoxy) is 1. The van der Waals surface area contributed by atoms with Crippen molar-refractivity contribution >= 4 is 39.8 Å². The van der Waals surface area contributed by atoms with Gasteiger partial charge in [0.05, 0.1) is 18.1 Å². The van der Waals surface area contributed by atoms with Crippen LogP contribution in [0.5, 0.6) is 0 Å². The van der Waals surface area contributed by atoms with Crippen LogP contribution in [0, 0.1) is 5.92 Å². The fourth-order valence-electron chi connectivity index (χ4n) is 3.17. The van der Waals surface area contributed by atoms with E-state index in [1.807, 2.05) is 0 Å². The maximum atomic E-state index is 11.5. The van der Waals surface area contributed by atoms with E-state index in [2.05, 4.69) is 20.5 Å². The minimum atomic E-state index is -2.86. The Labute approximate surface area is 162 Å². The van der Waals surface area contributed by atoms with Gasteiger partial charge in [0.1, 0.15) is 0 Å². The number of hydrogen-bond acceptors (Lipinski definition) is 5. The summed E-state index contributed by atoms with van der Waals surface area (Å²) in [5.74, 6) is 1.85. The molecule has 2 rings (SSSR count). The Balaban J connectivity index is 0.00000288. The highest BCUT2D eigenvalue weighted by Gasteiger charge is 2.28. The summed E-state index contributed by atoms with van der Waals surface area (Å²) >= 11 is 0. The standard InChI is InChI=1S/C15H30N4O3S.HI/c1-16-15(18-14-5-10-23(20,21)12-14)17-11-13-3-6-19(7-4-13)8-9-22-2;/h13-14H,3-12H2,1-2H3,(H2,16,17,18);1H. The third-order valence-corrected chi connectivity index (χ3v) is 6.44. The number of methoxy groups -OCH3 is 1. The summed E-state index contributed by atoms with van der Waals surface area (Å²) in [7, 11) is 0.610. The molecular weight excluding hydrogens is 443 g/mol. The molecule has 1 unspecified atom stereocenters. The minimum Gasteiger partial charge on any atom is -0.383 e. The van der Waals surface area contributed by atoms with Gasteiger partial charge < -0.3 is 20.3 Å². The van der Waals surface area contributed by atoms with Crippen molar-refractivity contribution in [1.29, 1.82) is 0 Å². The predicted octanol–water partition coefficient (Wildman–Crippen LogP) is 0.315. The zero-order valence-electron chi connectivity index (χ0n) is 14.7. The number of rotatable bonds is 6. The maximum absolute atomic E-state index is 11.5. The smallest absolute Gasteiger partial charge is 0.191 e. The maximum Gasteiger partial charge on any atom is 0.191 e. The van der Waals surface area contributed by atoms with Crippen molar-refractivity contribution in [2.24, 2.45) is 10.9 Å². The number of aliphatic imine (C=N–C) groups is 1. The molecule has 142 valence electrons. The number of nitrogens with zero attached hydrogens (tertiary/aromatic N) is 2. The van der Waals surface area contributed by atoms with Crippen LogP contribution in [-0.4, -0.2) is 83.8 Å². The molecule has 2 aliphatic rings. The number of guanidine groups is 1. The van der Waals surface area contributed by atoms with E-state index in [1.54, 1.807) is 14.2 Å². The minimum absolute atomic E-state index is 0. The van der Waals surface area contributed by atoms with Crippen LogP contribution in [0.3, 0.4) is 0 Å². The van der Waals surface area contributed by atoms with Gasteiger partial charge in [-0.25, -0.2) is 8.42 Å². The third-order valence-electron chi connectivity index (χ3n) is 4.67. The Bertz CT molecular complexity index is 493. The summed E-state index contributed by atoms with van der Waals surface area (Å²) < 4.78 is 28.1. The van der Waals surface area contributed by atoms with Gasteiger partial charge in [0.15, 0.2) is 15.8 Å². The van der Waals surface area contributed by atoms with Gasteiger partial charge in [0, 0.05) is 33.3 Å². The molecule has 0 bridgehead atoms. The molecule has 2 saturated heterocycles. The molecule has 0 aliphatic carbocycles. The lowest BCUT2D eigenvalue weighted by Gasteiger charge is -2.32. The average Bonchev–Trinajstić information content (AvgIpc) is 2.89. The number of hydrogen-bond donors (Lipinski definition) is 2. The van der Waals surface area contributed by atoms with Gasteiger partial charge in [0.25, 0.3) is 0 Å². The van der Waals surface area contributed by atoms with E-state index < -0.39 is 9.84 Å². The molecule has 1 atom stereocenters. The van der Waals surface area contributed by atoms with Crippen LogP contribution >= 0.6 is 24.0 Å². The molecule has 2 N–H and O–H groups in total. The van der Waals surface area contributed by atoms with Gasteiger partial charge in [-0.1, -0.05) is 0 Å². The normalized spacial score (nSPS) is 25.2. The summed E-state index contributed by atoms with van der Waals surface area (Å²) in [6.45, 7) is 4.92. The van der Waals surface area contributed by atoms with Crippen molar-refractivity contribution in [2.45, 2.75) is 25.3 Å². The SMILES string of the molecule is CN=C(NCC1CCN(CCOC)CC1)NC1CCS(=O)(=O)C1.I. The van der Waals surface area contributed by atoms with Crippen LogP contribution in [0.15, 0.2) is 4.99 Å². The van der Waals surface area contributed by atoms with Gasteiger partial charge in [-0.05, 0) is 38.3 Å². The third kappa shape index (κ3) is 7.40. The lowest BCUT2D eigenvalue weighted by molar-refractivity contribution is 0.121. The summed E-state index contributed by atoms with van der Waals surface area (Å²) in [5, 5.41) is 6.58. The fraction of sp³-hybridized carbons (Fsp3) is 0.933. The molecule has 2 fully saturated rings. The zero-order valence-corrected chi connectivity index (χ0v) is 17.8. The van der Waals surface area contributed by atoms with Crippen molar-refractivity contribution in [3.63, 3.8) is 0 Å². The largest absolute Gasteiger partial charge is 0.383 e. The second kappa shape index (κ2) is 10.8. The molecule has 0 radical (unpaired) electrons. The van der Waals surface area contributed by atoms with Gasteiger partial charge in [-0.3, -0.25) is 4.99 Å². The van der Waals surface area contributed by atoms with E-state index in [9.17, 15) is 8.42 Å². The molecular formula is C15H31IN4O3S. The highest BCUT2D eigenvalue weighted by molar-refractivity contribution is 14.0. The number of halogens is 1. The van der Waals surface area contributed by atoms with E-state index in [0.29, 0.717) is 18.3 Å². The molecule has 0 aromatic rings. The fourth-order valence-corrected chi connectivity index (χ4v) is 4.85. The van der Waals surface area contributed by atoms with E-state index >= 15 is 0 Å². The summed E-state index contributed by atoms with van der Waals surface area (Å²) in [4.78, 5) is 6.65. The number of likely N-dealkylation sites (tertiary alicyclic amines) is 1. The molecule has 0 spiro atoms. The summed E-state index contributed by atoms with van der Waals surface area (Å²) in [6, 6.07) is -0.0120. The summed E-state index contributed by atoms with van der Waals surface area (Å²) in [6.07, 6.45) is 3.01. The molecule has 0 aromatic heterocycles. The molecule has 2 aliphatic heterocycles. The average molecular weight is 474 g/mol. The van der Waals surface area contributed by atoms with E-state index in [-0.39, 0.29) is 41.5 Å². The molecule has 7 nitrogen and oxygen atoms in total. The van der Waals surface area contributed by atoms with Crippen LogP contribution in [0.1, 0.15) is 19.3 Å². The molecule has 0 amide bonds. The van der Waals surface area contributed by atoms with Crippen LogP contribution in [0.2, 0.25) is 0 Å². The van der Waals surface area contributed by atoms with Crippen molar-refractivity contribution in [1.82, 2.24) is 15.5 Å². The highest BCUT2D eigenvalue weighted by Crippen LogP contribution is 2.16. The molecule has 9 heteroatoms. The van der Waals surface area contributed by atoms with Crippen LogP contribution < -0.4 is 10.6 Å². The van der Waals surface area contributed by atoms with E-state index in [4.69, 9.17) is 4.74 Å². The van der Waals surface area contributed by atoms with Crippen LogP contribution in [0.4, 0.5) is 0 Å². The quantitative estimate of drug-likeness (QED) is 0.328. The second-order valence-electron chi connectivity index (χ2n) is 6.48. The number of piperidine rings is 1. The van der Waals surface area contributed by atoms with Gasteiger partial charge in [0.2, 0.25) is 0 Å². The van der Waals surface area contributed by atoms with Gasteiger partial charge >= 0.3 is 0 Å². The Morgan fingerprint density at radius 3 is 2.54 bits per heavy atom. The predicted molar refractivity (Wildman–Crippen MR) is 108 cm³/mol. The Morgan fingerprint density at radius 1 is 1.29 bits per heavy atom. The van der Waals surface area contributed by atoms with Crippen LogP contribution in [0.25, 0.3) is 0 Å². The number of nitrogens with one attached hydrogen (secondary N) is 2. The molecule has 24 heavy (non-hydrogen) atoms. The molecule has 2 heterocycles. The first-order valence-electron chi connectivity index (χ1n) is 8.41. The highest BCUT2D eigenvalue weighted by atomic mass is 127. The van der Waals surface area contributed by atoms with E-state index in [1.165, 1.54) is 12.8 Å². The van der Waals surface area contributed by atoms with Crippen molar-refractivity contribution in [3.05, 3.63) is 0 Å². The van der Waals surface area contributed by atoms with Crippen molar-refractivity contribution < 1.29 is 13.2 Å². The lowest BCUT2D eigenvalue weighted by Crippen LogP contribution is -2.46. The van der Waals surface area contributed by atoms with Gasteiger partial charge in [-0.2, -0.15) is 0 Å². The van der Waals surface area contributed by atoms with Crippen molar-refractivity contribution in [2.75, 3.05) is 58.4 Å². The Kier molecular flexibility index (Phi) is 9.83.